The zero-order valence-corrected chi connectivity index (χ0v) is 13.1. The minimum atomic E-state index is -0.0467. The van der Waals surface area contributed by atoms with Gasteiger partial charge in [-0.1, -0.05) is 12.5 Å². The SMILES string of the molecule is CCC(=O)CCC1=CC(=C(C)C)C(OC(C)C)=CC1=O. The van der Waals surface area contributed by atoms with Crippen molar-refractivity contribution < 1.29 is 14.3 Å². The number of carbonyl (C=O) groups is 2. The van der Waals surface area contributed by atoms with Gasteiger partial charge in [-0.15, -0.1) is 0 Å². The monoisotopic (exact) mass is 276 g/mol. The Morgan fingerprint density at radius 2 is 1.90 bits per heavy atom. The third-order valence-electron chi connectivity index (χ3n) is 3.13. The quantitative estimate of drug-likeness (QED) is 0.739. The molecule has 0 aromatic heterocycles. The maximum absolute atomic E-state index is 12.1. The maximum atomic E-state index is 12.1. The van der Waals surface area contributed by atoms with E-state index < -0.39 is 0 Å². The Morgan fingerprint density at radius 3 is 2.40 bits per heavy atom. The van der Waals surface area contributed by atoms with E-state index in [4.69, 9.17) is 4.74 Å². The number of ketones is 2. The number of hydrogen-bond acceptors (Lipinski definition) is 3. The van der Waals surface area contributed by atoms with Crippen LogP contribution in [-0.4, -0.2) is 17.7 Å². The van der Waals surface area contributed by atoms with Gasteiger partial charge in [0.2, 0.25) is 0 Å². The molecule has 1 aliphatic carbocycles. The molecule has 0 spiro atoms. The molecule has 0 saturated carbocycles. The van der Waals surface area contributed by atoms with Gasteiger partial charge in [0.1, 0.15) is 11.5 Å². The summed E-state index contributed by atoms with van der Waals surface area (Å²) in [5, 5.41) is 0. The van der Waals surface area contributed by atoms with Crippen LogP contribution >= 0.6 is 0 Å². The molecule has 0 N–H and O–H groups in total. The van der Waals surface area contributed by atoms with Gasteiger partial charge in [0.05, 0.1) is 6.10 Å². The van der Waals surface area contributed by atoms with Crippen molar-refractivity contribution >= 4 is 11.6 Å². The molecule has 1 aliphatic rings. The Bertz CT molecular complexity index is 486. The van der Waals surface area contributed by atoms with Crippen LogP contribution < -0.4 is 0 Å². The van der Waals surface area contributed by atoms with Crippen LogP contribution in [0.5, 0.6) is 0 Å². The second-order valence-electron chi connectivity index (χ2n) is 5.51. The molecule has 0 fully saturated rings. The summed E-state index contributed by atoms with van der Waals surface area (Å²) < 4.78 is 5.70. The van der Waals surface area contributed by atoms with E-state index in [0.717, 1.165) is 11.1 Å². The number of rotatable bonds is 6. The Kier molecular flexibility index (Phi) is 5.93. The third-order valence-corrected chi connectivity index (χ3v) is 3.13. The fourth-order valence-electron chi connectivity index (χ4n) is 1.99. The molecule has 110 valence electrons. The van der Waals surface area contributed by atoms with Gasteiger partial charge in [-0.05, 0) is 40.2 Å². The van der Waals surface area contributed by atoms with Crippen LogP contribution in [0.1, 0.15) is 53.9 Å². The van der Waals surface area contributed by atoms with Gasteiger partial charge in [-0.25, -0.2) is 0 Å². The first-order chi connectivity index (χ1) is 9.35. The minimum absolute atomic E-state index is 0.0278. The standard InChI is InChI=1S/C17H24O3/c1-6-14(18)8-7-13-9-15(11(2)3)17(10-16(13)19)20-12(4)5/h9-10,12H,6-8H2,1-5H3. The summed E-state index contributed by atoms with van der Waals surface area (Å²) in [4.78, 5) is 23.5. The number of allylic oxidation sites excluding steroid dienone is 4. The van der Waals surface area contributed by atoms with Crippen molar-refractivity contribution in [2.75, 3.05) is 0 Å². The zero-order valence-electron chi connectivity index (χ0n) is 13.1. The van der Waals surface area contributed by atoms with E-state index in [1.54, 1.807) is 6.08 Å². The molecule has 0 aromatic rings. The molecular formula is C17H24O3. The van der Waals surface area contributed by atoms with Gasteiger partial charge < -0.3 is 4.74 Å². The summed E-state index contributed by atoms with van der Waals surface area (Å²) in [6, 6.07) is 0. The molecule has 1 rings (SSSR count). The van der Waals surface area contributed by atoms with E-state index in [2.05, 4.69) is 0 Å². The summed E-state index contributed by atoms with van der Waals surface area (Å²) in [6.45, 7) is 9.71. The molecular weight excluding hydrogens is 252 g/mol. The van der Waals surface area contributed by atoms with E-state index in [0.29, 0.717) is 30.6 Å². The first-order valence-electron chi connectivity index (χ1n) is 7.18. The molecule has 0 unspecified atom stereocenters. The van der Waals surface area contributed by atoms with Gasteiger partial charge in [0, 0.05) is 30.1 Å². The number of hydrogen-bond donors (Lipinski definition) is 0. The highest BCUT2D eigenvalue weighted by Crippen LogP contribution is 2.27. The van der Waals surface area contributed by atoms with Crippen LogP contribution in [0.2, 0.25) is 0 Å². The lowest BCUT2D eigenvalue weighted by Crippen LogP contribution is -2.14. The molecule has 3 heteroatoms. The lowest BCUT2D eigenvalue weighted by Gasteiger charge is -2.20. The fourth-order valence-corrected chi connectivity index (χ4v) is 1.99. The fraction of sp³-hybridized carbons (Fsp3) is 0.529. The molecule has 0 aliphatic heterocycles. The summed E-state index contributed by atoms with van der Waals surface area (Å²) in [5.41, 5.74) is 2.75. The van der Waals surface area contributed by atoms with Crippen LogP contribution in [-0.2, 0) is 14.3 Å². The van der Waals surface area contributed by atoms with Gasteiger partial charge in [0.25, 0.3) is 0 Å². The molecule has 0 aromatic carbocycles. The van der Waals surface area contributed by atoms with Crippen molar-refractivity contribution in [1.82, 2.24) is 0 Å². The van der Waals surface area contributed by atoms with Crippen molar-refractivity contribution in [3.8, 4) is 0 Å². The van der Waals surface area contributed by atoms with Gasteiger partial charge >= 0.3 is 0 Å². The van der Waals surface area contributed by atoms with Crippen LogP contribution in [0, 0.1) is 0 Å². The summed E-state index contributed by atoms with van der Waals surface area (Å²) in [5.74, 6) is 0.774. The molecule has 0 atom stereocenters. The van der Waals surface area contributed by atoms with Gasteiger partial charge in [-0.3, -0.25) is 9.59 Å². The highest BCUT2D eigenvalue weighted by Gasteiger charge is 2.20. The second kappa shape index (κ2) is 7.22. The van der Waals surface area contributed by atoms with Crippen LogP contribution in [0.25, 0.3) is 0 Å². The summed E-state index contributed by atoms with van der Waals surface area (Å²) >= 11 is 0. The van der Waals surface area contributed by atoms with E-state index in [-0.39, 0.29) is 17.7 Å². The first-order valence-corrected chi connectivity index (χ1v) is 7.18. The highest BCUT2D eigenvalue weighted by molar-refractivity contribution is 6.07. The number of carbonyl (C=O) groups excluding carboxylic acids is 2. The van der Waals surface area contributed by atoms with Crippen molar-refractivity contribution in [2.45, 2.75) is 60.0 Å². The van der Waals surface area contributed by atoms with Crippen molar-refractivity contribution in [3.05, 3.63) is 34.6 Å². The number of ether oxygens (including phenoxy) is 1. The third kappa shape index (κ3) is 4.48. The Hall–Kier alpha value is -1.64. The number of Topliss-reactive ketones (excluding diaryl/α,β-unsaturated/α-hetero) is 1. The van der Waals surface area contributed by atoms with Crippen molar-refractivity contribution in [2.24, 2.45) is 0 Å². The van der Waals surface area contributed by atoms with Crippen molar-refractivity contribution in [3.63, 3.8) is 0 Å². The van der Waals surface area contributed by atoms with E-state index in [9.17, 15) is 9.59 Å². The van der Waals surface area contributed by atoms with Gasteiger partial charge in [-0.2, -0.15) is 0 Å². The molecule has 0 heterocycles. The van der Waals surface area contributed by atoms with Gasteiger partial charge in [0.15, 0.2) is 5.78 Å². The molecule has 20 heavy (non-hydrogen) atoms. The molecule has 0 bridgehead atoms. The van der Waals surface area contributed by atoms with Crippen molar-refractivity contribution in [1.29, 1.82) is 0 Å². The minimum Gasteiger partial charge on any atom is -0.490 e. The Labute approximate surface area is 121 Å². The lowest BCUT2D eigenvalue weighted by atomic mass is 9.92. The average molecular weight is 276 g/mol. The smallest absolute Gasteiger partial charge is 0.185 e. The first kappa shape index (κ1) is 16.4. The van der Waals surface area contributed by atoms with Crippen LogP contribution in [0.3, 0.4) is 0 Å². The second-order valence-corrected chi connectivity index (χ2v) is 5.51. The lowest BCUT2D eigenvalue weighted by molar-refractivity contribution is -0.118. The average Bonchev–Trinajstić information content (AvgIpc) is 2.36. The normalized spacial score (nSPS) is 15.1. The summed E-state index contributed by atoms with van der Waals surface area (Å²) in [6.07, 6.45) is 4.91. The summed E-state index contributed by atoms with van der Waals surface area (Å²) in [7, 11) is 0. The molecule has 0 amide bonds. The van der Waals surface area contributed by atoms with E-state index in [1.807, 2.05) is 40.7 Å². The maximum Gasteiger partial charge on any atom is 0.185 e. The largest absolute Gasteiger partial charge is 0.490 e. The predicted octanol–water partition coefficient (Wildman–Crippen LogP) is 3.90. The predicted molar refractivity (Wildman–Crippen MR) is 80.3 cm³/mol. The Balaban J connectivity index is 2.94. The zero-order chi connectivity index (χ0) is 15.3. The molecule has 0 saturated heterocycles. The topological polar surface area (TPSA) is 43.4 Å². The highest BCUT2D eigenvalue weighted by atomic mass is 16.5. The van der Waals surface area contributed by atoms with Crippen LogP contribution in [0.15, 0.2) is 34.6 Å². The Morgan fingerprint density at radius 1 is 1.25 bits per heavy atom. The van der Waals surface area contributed by atoms with Crippen LogP contribution in [0.4, 0.5) is 0 Å². The molecule has 0 radical (unpaired) electrons. The van der Waals surface area contributed by atoms with E-state index >= 15 is 0 Å². The molecule has 3 nitrogen and oxygen atoms in total. The van der Waals surface area contributed by atoms with E-state index in [1.165, 1.54) is 0 Å².